The maximum absolute atomic E-state index is 6.74. The van der Waals surface area contributed by atoms with Crippen LogP contribution in [0.25, 0.3) is 0 Å². The van der Waals surface area contributed by atoms with E-state index in [9.17, 15) is 0 Å². The summed E-state index contributed by atoms with van der Waals surface area (Å²) in [7, 11) is 0. The molecule has 0 aromatic heterocycles. The molecule has 0 spiro atoms. The van der Waals surface area contributed by atoms with Crippen LogP contribution >= 0.6 is 77.1 Å². The number of hydrogen-bond acceptors (Lipinski definition) is 9. The van der Waals surface area contributed by atoms with Crippen molar-refractivity contribution in [2.75, 3.05) is 11.5 Å². The molecule has 10 atom stereocenters. The zero-order valence-corrected chi connectivity index (χ0v) is 40.7. The van der Waals surface area contributed by atoms with Crippen molar-refractivity contribution in [3.63, 3.8) is 0 Å². The first-order valence-corrected chi connectivity index (χ1v) is 31.1. The predicted octanol–water partition coefficient (Wildman–Crippen LogP) is 14.3. The molecule has 3 aromatic carbocycles. The van der Waals surface area contributed by atoms with Gasteiger partial charge < -0.3 is 9.05 Å². The van der Waals surface area contributed by atoms with E-state index in [-0.39, 0.29) is 0 Å². The molecule has 10 heteroatoms. The van der Waals surface area contributed by atoms with Gasteiger partial charge in [0.25, 0.3) is 0 Å². The third-order valence-corrected chi connectivity index (χ3v) is 25.7. The molecule has 0 N–H and O–H groups in total. The van der Waals surface area contributed by atoms with Gasteiger partial charge in [-0.2, -0.15) is 70.6 Å². The molecule has 0 amide bonds. The molecule has 2 nitrogen and oxygen atoms in total. The summed E-state index contributed by atoms with van der Waals surface area (Å²) < 4.78 is 13.5. The third-order valence-electron chi connectivity index (χ3n) is 13.0. The average molecular weight is 927 g/mol. The van der Waals surface area contributed by atoms with Gasteiger partial charge >= 0.3 is 6.49 Å². The molecule has 10 unspecified atom stereocenters. The molecule has 0 saturated carbocycles. The van der Waals surface area contributed by atoms with Gasteiger partial charge in [0.2, 0.25) is 0 Å². The predicted molar refractivity (Wildman–Crippen MR) is 269 cm³/mol. The SMILES string of the molecule is S=P(Oc1cccc(CCCCCCCC2SC(CC3CS3)C3CC2S3)c1)(Oc1cccc(CCCCCCCC2SC(CC3CS3)C3CC2S3)c1)c1ccccc1. The van der Waals surface area contributed by atoms with Crippen molar-refractivity contribution in [3.8, 4) is 11.5 Å². The van der Waals surface area contributed by atoms with E-state index in [2.05, 4.69) is 119 Å². The Bertz CT molecular complexity index is 1690. The van der Waals surface area contributed by atoms with E-state index in [4.69, 9.17) is 20.9 Å². The summed E-state index contributed by atoms with van der Waals surface area (Å²) in [5.74, 6) is 4.48. The lowest BCUT2D eigenvalue weighted by molar-refractivity contribution is 0.497. The maximum atomic E-state index is 6.74. The number of thioether (sulfide) groups is 6. The summed E-state index contributed by atoms with van der Waals surface area (Å²) in [5.41, 5.74) is 2.65. The van der Waals surface area contributed by atoms with Gasteiger partial charge in [0.05, 0.1) is 5.30 Å². The molecule has 8 aliphatic rings. The lowest BCUT2D eigenvalue weighted by Gasteiger charge is -2.50. The smallest absolute Gasteiger partial charge is 0.319 e. The van der Waals surface area contributed by atoms with Crippen LogP contribution in [0, 0.1) is 0 Å². The summed E-state index contributed by atoms with van der Waals surface area (Å²) in [6.45, 7) is -2.86. The van der Waals surface area contributed by atoms with E-state index in [1.807, 2.05) is 30.3 Å². The van der Waals surface area contributed by atoms with E-state index in [1.165, 1.54) is 125 Å². The highest BCUT2D eigenvalue weighted by molar-refractivity contribution is 8.14. The first-order chi connectivity index (χ1) is 28.5. The van der Waals surface area contributed by atoms with Crippen molar-refractivity contribution in [2.45, 2.75) is 168 Å². The number of rotatable bonds is 25. The summed E-state index contributed by atoms with van der Waals surface area (Å²) in [6, 6.07) is 27.5. The zero-order valence-electron chi connectivity index (χ0n) is 34.0. The van der Waals surface area contributed by atoms with Crippen LogP contribution in [0.3, 0.4) is 0 Å². The van der Waals surface area contributed by atoms with Crippen molar-refractivity contribution in [1.82, 2.24) is 0 Å². The minimum Gasteiger partial charge on any atom is -0.432 e. The quantitative estimate of drug-likeness (QED) is 0.0466. The van der Waals surface area contributed by atoms with E-state index >= 15 is 0 Å². The van der Waals surface area contributed by atoms with Gasteiger partial charge in [0.1, 0.15) is 11.5 Å². The summed E-state index contributed by atoms with van der Waals surface area (Å²) in [5, 5.41) is 10.5. The molecule has 314 valence electrons. The van der Waals surface area contributed by atoms with Crippen LogP contribution in [0.1, 0.15) is 114 Å². The fourth-order valence-corrected chi connectivity index (χ4v) is 20.9. The van der Waals surface area contributed by atoms with Crippen molar-refractivity contribution < 1.29 is 9.05 Å². The van der Waals surface area contributed by atoms with E-state index in [0.29, 0.717) is 0 Å². The van der Waals surface area contributed by atoms with Crippen LogP contribution in [0.4, 0.5) is 0 Å². The summed E-state index contributed by atoms with van der Waals surface area (Å²) in [4.78, 5) is 0. The zero-order chi connectivity index (χ0) is 39.2. The van der Waals surface area contributed by atoms with Crippen molar-refractivity contribution in [2.24, 2.45) is 0 Å². The van der Waals surface area contributed by atoms with E-state index in [1.54, 1.807) is 0 Å². The van der Waals surface area contributed by atoms with Crippen LogP contribution in [0.2, 0.25) is 0 Å². The van der Waals surface area contributed by atoms with Crippen LogP contribution in [-0.2, 0) is 24.6 Å². The molecular weight excluding hydrogens is 864 g/mol. The van der Waals surface area contributed by atoms with Crippen molar-refractivity contribution in [1.29, 1.82) is 0 Å². The normalized spacial score (nSPS) is 31.4. The third kappa shape index (κ3) is 12.2. The maximum Gasteiger partial charge on any atom is 0.319 e. The number of hydrogen-bond donors (Lipinski definition) is 0. The molecule has 3 aromatic rings. The van der Waals surface area contributed by atoms with Crippen LogP contribution in [0.15, 0.2) is 78.9 Å². The molecule has 4 bridgehead atoms. The lowest BCUT2D eigenvalue weighted by Crippen LogP contribution is -2.47. The Kier molecular flexibility index (Phi) is 15.8. The van der Waals surface area contributed by atoms with Gasteiger partial charge in [0.15, 0.2) is 0 Å². The Labute approximate surface area is 381 Å². The summed E-state index contributed by atoms with van der Waals surface area (Å²) in [6.07, 6.45) is 24.3. The van der Waals surface area contributed by atoms with Gasteiger partial charge in [-0.25, -0.2) is 0 Å². The Balaban J connectivity index is 0.694. The highest BCUT2D eigenvalue weighted by Crippen LogP contribution is 2.58. The van der Waals surface area contributed by atoms with E-state index < -0.39 is 6.49 Å². The minimum atomic E-state index is -2.86. The topological polar surface area (TPSA) is 18.5 Å². The second-order valence-electron chi connectivity index (χ2n) is 17.6. The second-order valence-corrected chi connectivity index (χ2v) is 29.5. The highest BCUT2D eigenvalue weighted by atomic mass is 32.5. The molecule has 8 aliphatic heterocycles. The highest BCUT2D eigenvalue weighted by Gasteiger charge is 2.49. The second kappa shape index (κ2) is 21.1. The van der Waals surface area contributed by atoms with Gasteiger partial charge in [-0.3, -0.25) is 0 Å². The van der Waals surface area contributed by atoms with Crippen LogP contribution in [-0.4, -0.2) is 64.0 Å². The lowest BCUT2D eigenvalue weighted by atomic mass is 10.0. The molecule has 0 aliphatic carbocycles. The van der Waals surface area contributed by atoms with Gasteiger partial charge in [-0.05, 0) is 124 Å². The first-order valence-electron chi connectivity index (χ1n) is 22.6. The molecule has 8 fully saturated rings. The fraction of sp³-hybridized carbons (Fsp3) is 0.625. The Morgan fingerprint density at radius 1 is 0.500 bits per heavy atom. The monoisotopic (exact) mass is 926 g/mol. The van der Waals surface area contributed by atoms with Crippen LogP contribution in [0.5, 0.6) is 11.5 Å². The number of benzene rings is 3. The van der Waals surface area contributed by atoms with Crippen molar-refractivity contribution in [3.05, 3.63) is 90.0 Å². The summed E-state index contributed by atoms with van der Waals surface area (Å²) >= 11 is 20.1. The molecule has 8 saturated heterocycles. The Morgan fingerprint density at radius 2 is 0.931 bits per heavy atom. The van der Waals surface area contributed by atoms with Crippen LogP contribution < -0.4 is 14.4 Å². The Hall–Kier alpha value is 0.01000. The standard InChI is InChI=1S/C48H63O2PS7/c52-51(38-22-10-7-11-23-38,49-36-20-14-18-34(26-36)16-8-3-1-5-12-24-41-45-30-47(57-45)43(55-41)28-39-32-53-39)50-37-21-15-19-35(27-37)17-9-4-2-6-13-25-42-46-31-48(58-46)44(56-42)29-40-33-54-40/h7,10-11,14-15,18-23,26-27,39-48H,1-6,8-9,12-13,16-17,24-25,28-33H2. The Morgan fingerprint density at radius 3 is 1.40 bits per heavy atom. The average Bonchev–Trinajstić information content (AvgIpc) is 4.15. The molecule has 11 rings (SSSR count). The molecule has 58 heavy (non-hydrogen) atoms. The molecule has 8 heterocycles. The molecule has 0 radical (unpaired) electrons. The van der Waals surface area contributed by atoms with E-state index in [0.717, 1.165) is 82.1 Å². The first kappa shape index (κ1) is 43.3. The van der Waals surface area contributed by atoms with Gasteiger partial charge in [-0.1, -0.05) is 93.8 Å². The van der Waals surface area contributed by atoms with Crippen molar-refractivity contribution >= 4 is 94.2 Å². The van der Waals surface area contributed by atoms with Gasteiger partial charge in [0, 0.05) is 64.0 Å². The largest absolute Gasteiger partial charge is 0.432 e. The minimum absolute atomic E-state index is 0.815. The fourth-order valence-electron chi connectivity index (χ4n) is 9.43. The molecular formula is C48H63O2PS7. The van der Waals surface area contributed by atoms with Gasteiger partial charge in [-0.15, -0.1) is 0 Å². The number of unbranched alkanes of at least 4 members (excludes halogenated alkanes) is 8. The number of fused-ring (bicyclic) bond motifs is 4. The number of aryl methyl sites for hydroxylation is 2.